The highest BCUT2D eigenvalue weighted by molar-refractivity contribution is 5.99. The van der Waals surface area contributed by atoms with E-state index in [9.17, 15) is 22.4 Å². The highest BCUT2D eigenvalue weighted by atomic mass is 35.5. The van der Waals surface area contributed by atoms with Gasteiger partial charge in [-0.15, -0.1) is 12.4 Å². The fraction of sp³-hybridized carbons (Fsp3) is 0.412. The second-order valence-corrected chi connectivity index (χ2v) is 6.19. The summed E-state index contributed by atoms with van der Waals surface area (Å²) in [6, 6.07) is 3.98. The molecule has 154 valence electrons. The minimum atomic E-state index is -4.48. The van der Waals surface area contributed by atoms with Gasteiger partial charge in [-0.25, -0.2) is 4.39 Å². The van der Waals surface area contributed by atoms with Crippen molar-refractivity contribution in [1.29, 1.82) is 0 Å². The average molecular weight is 422 g/mol. The summed E-state index contributed by atoms with van der Waals surface area (Å²) in [5.74, 6) is -1.31. The van der Waals surface area contributed by atoms with Crippen molar-refractivity contribution in [3.63, 3.8) is 0 Å². The number of benzene rings is 1. The lowest BCUT2D eigenvalue weighted by molar-refractivity contribution is -0.183. The third-order valence-corrected chi connectivity index (χ3v) is 4.45. The minimum absolute atomic E-state index is 0. The number of carbonyl (C=O) groups is 1. The minimum Gasteiger partial charge on any atom is -0.350 e. The summed E-state index contributed by atoms with van der Waals surface area (Å²) in [5.41, 5.74) is 0.229. The standard InChI is InChI=1S/C17H19F4N5O.ClH/c18-13-4-2-1-3-11(13)15-12(9-24-25-15)16(27)23-10-14(17(19,20)21)26-7-5-22-6-8-26;/h1-4,9,14,22H,5-8,10H2,(H,23,27)(H,24,25);1H. The Morgan fingerprint density at radius 1 is 1.25 bits per heavy atom. The van der Waals surface area contributed by atoms with Gasteiger partial charge >= 0.3 is 6.18 Å². The summed E-state index contributed by atoms with van der Waals surface area (Å²) in [5, 5.41) is 11.6. The van der Waals surface area contributed by atoms with Crippen LogP contribution < -0.4 is 10.6 Å². The van der Waals surface area contributed by atoms with Crippen molar-refractivity contribution in [3.8, 4) is 11.3 Å². The Hall–Kier alpha value is -2.17. The summed E-state index contributed by atoms with van der Waals surface area (Å²) >= 11 is 0. The highest BCUT2D eigenvalue weighted by Crippen LogP contribution is 2.26. The molecule has 1 fully saturated rings. The third kappa shape index (κ3) is 5.00. The zero-order valence-electron chi connectivity index (χ0n) is 14.7. The number of amides is 1. The van der Waals surface area contributed by atoms with E-state index in [0.717, 1.165) is 0 Å². The number of rotatable bonds is 5. The van der Waals surface area contributed by atoms with Crippen LogP contribution in [0.1, 0.15) is 10.4 Å². The van der Waals surface area contributed by atoms with Gasteiger partial charge in [0.15, 0.2) is 0 Å². The maximum Gasteiger partial charge on any atom is 0.405 e. The number of carbonyl (C=O) groups excluding carboxylic acids is 1. The number of aromatic amines is 1. The largest absolute Gasteiger partial charge is 0.405 e. The number of piperazine rings is 1. The molecule has 1 amide bonds. The molecule has 2 aromatic rings. The summed E-state index contributed by atoms with van der Waals surface area (Å²) in [6.45, 7) is 0.808. The SMILES string of the molecule is Cl.O=C(NCC(N1CCNCC1)C(F)(F)F)c1cn[nH]c1-c1ccccc1F. The topological polar surface area (TPSA) is 73.1 Å². The van der Waals surface area contributed by atoms with E-state index in [1.54, 1.807) is 6.07 Å². The Bertz CT molecular complexity index is 792. The number of H-pyrrole nitrogens is 1. The predicted octanol–water partition coefficient (Wildman–Crippen LogP) is 2.20. The van der Waals surface area contributed by atoms with Crippen LogP contribution >= 0.6 is 12.4 Å². The summed E-state index contributed by atoms with van der Waals surface area (Å²) in [7, 11) is 0. The summed E-state index contributed by atoms with van der Waals surface area (Å²) < 4.78 is 54.2. The van der Waals surface area contributed by atoms with Gasteiger partial charge in [-0.1, -0.05) is 12.1 Å². The van der Waals surface area contributed by atoms with Crippen LogP contribution in [0.5, 0.6) is 0 Å². The van der Waals surface area contributed by atoms with Crippen molar-refractivity contribution in [1.82, 2.24) is 25.7 Å². The van der Waals surface area contributed by atoms with Crippen molar-refractivity contribution in [2.45, 2.75) is 12.2 Å². The molecular formula is C17H20ClF4N5O. The lowest BCUT2D eigenvalue weighted by Gasteiger charge is -2.35. The molecule has 11 heteroatoms. The Labute approximate surface area is 165 Å². The van der Waals surface area contributed by atoms with Crippen molar-refractivity contribution in [3.05, 3.63) is 41.8 Å². The van der Waals surface area contributed by atoms with Crippen LogP contribution in [0.25, 0.3) is 11.3 Å². The molecule has 1 saturated heterocycles. The van der Waals surface area contributed by atoms with Crippen LogP contribution in [0.2, 0.25) is 0 Å². The lowest BCUT2D eigenvalue weighted by atomic mass is 10.1. The zero-order chi connectivity index (χ0) is 19.4. The number of nitrogens with one attached hydrogen (secondary N) is 3. The van der Waals surface area contributed by atoms with Crippen LogP contribution in [-0.2, 0) is 0 Å². The molecule has 1 aromatic heterocycles. The van der Waals surface area contributed by atoms with Gasteiger partial charge in [-0.05, 0) is 12.1 Å². The van der Waals surface area contributed by atoms with E-state index in [1.807, 2.05) is 0 Å². The van der Waals surface area contributed by atoms with Crippen LogP contribution in [0, 0.1) is 5.82 Å². The molecule has 3 N–H and O–H groups in total. The molecule has 1 aromatic carbocycles. The van der Waals surface area contributed by atoms with E-state index < -0.39 is 30.5 Å². The number of alkyl halides is 3. The Balaban J connectivity index is 0.00000280. The molecule has 1 aliphatic heterocycles. The smallest absolute Gasteiger partial charge is 0.350 e. The first-order valence-corrected chi connectivity index (χ1v) is 8.46. The molecule has 0 aliphatic carbocycles. The summed E-state index contributed by atoms with van der Waals surface area (Å²) in [4.78, 5) is 13.7. The van der Waals surface area contributed by atoms with E-state index in [0.29, 0.717) is 13.1 Å². The number of hydrogen-bond acceptors (Lipinski definition) is 4. The number of halogens is 5. The first-order chi connectivity index (χ1) is 12.9. The molecule has 6 nitrogen and oxygen atoms in total. The zero-order valence-corrected chi connectivity index (χ0v) is 15.5. The van der Waals surface area contributed by atoms with Crippen molar-refractivity contribution in [2.24, 2.45) is 0 Å². The number of hydrogen-bond donors (Lipinski definition) is 3. The molecule has 0 saturated carbocycles. The second-order valence-electron chi connectivity index (χ2n) is 6.19. The molecule has 0 radical (unpaired) electrons. The lowest BCUT2D eigenvalue weighted by Crippen LogP contribution is -2.57. The van der Waals surface area contributed by atoms with Crippen LogP contribution in [0.15, 0.2) is 30.5 Å². The molecule has 0 bridgehead atoms. The van der Waals surface area contributed by atoms with Gasteiger partial charge in [0.25, 0.3) is 5.91 Å². The van der Waals surface area contributed by atoms with Gasteiger partial charge in [0.2, 0.25) is 0 Å². The van der Waals surface area contributed by atoms with E-state index in [4.69, 9.17) is 0 Å². The van der Waals surface area contributed by atoms with Crippen molar-refractivity contribution < 1.29 is 22.4 Å². The maximum absolute atomic E-state index is 14.0. The van der Waals surface area contributed by atoms with Crippen molar-refractivity contribution in [2.75, 3.05) is 32.7 Å². The van der Waals surface area contributed by atoms with Crippen LogP contribution in [0.4, 0.5) is 17.6 Å². The Kier molecular flexibility index (Phi) is 7.39. The van der Waals surface area contributed by atoms with Gasteiger partial charge < -0.3 is 10.6 Å². The molecule has 1 atom stereocenters. The van der Waals surface area contributed by atoms with Crippen LogP contribution in [0.3, 0.4) is 0 Å². The van der Waals surface area contributed by atoms with E-state index in [2.05, 4.69) is 20.8 Å². The third-order valence-electron chi connectivity index (χ3n) is 4.45. The van der Waals surface area contributed by atoms with Gasteiger partial charge in [-0.2, -0.15) is 18.3 Å². The highest BCUT2D eigenvalue weighted by Gasteiger charge is 2.43. The molecule has 1 aliphatic rings. The molecule has 28 heavy (non-hydrogen) atoms. The predicted molar refractivity (Wildman–Crippen MR) is 97.8 cm³/mol. The monoisotopic (exact) mass is 421 g/mol. The average Bonchev–Trinajstić information content (AvgIpc) is 3.11. The van der Waals surface area contributed by atoms with Gasteiger partial charge in [0.05, 0.1) is 17.5 Å². The molecule has 0 spiro atoms. The molecule has 1 unspecified atom stereocenters. The van der Waals surface area contributed by atoms with Crippen molar-refractivity contribution >= 4 is 18.3 Å². The summed E-state index contributed by atoms with van der Waals surface area (Å²) in [6.07, 6.45) is -3.31. The molecule has 3 rings (SSSR count). The maximum atomic E-state index is 14.0. The number of aromatic nitrogens is 2. The van der Waals surface area contributed by atoms with Gasteiger partial charge in [-0.3, -0.25) is 14.8 Å². The van der Waals surface area contributed by atoms with Crippen LogP contribution in [-0.4, -0.2) is 65.9 Å². The fourth-order valence-electron chi connectivity index (χ4n) is 3.06. The number of nitrogens with zero attached hydrogens (tertiary/aromatic N) is 2. The first kappa shape index (κ1) is 22.1. The molecular weight excluding hydrogens is 402 g/mol. The Morgan fingerprint density at radius 2 is 1.93 bits per heavy atom. The Morgan fingerprint density at radius 3 is 2.57 bits per heavy atom. The molecule has 2 heterocycles. The van der Waals surface area contributed by atoms with E-state index in [1.165, 1.54) is 29.3 Å². The second kappa shape index (κ2) is 9.35. The first-order valence-electron chi connectivity index (χ1n) is 8.46. The van der Waals surface area contributed by atoms with E-state index in [-0.39, 0.29) is 42.3 Å². The quantitative estimate of drug-likeness (QED) is 0.647. The fourth-order valence-corrected chi connectivity index (χ4v) is 3.06. The van der Waals surface area contributed by atoms with E-state index >= 15 is 0 Å². The van der Waals surface area contributed by atoms with Gasteiger partial charge in [0.1, 0.15) is 11.9 Å². The van der Waals surface area contributed by atoms with Gasteiger partial charge in [0, 0.05) is 38.3 Å². The normalized spacial score (nSPS) is 16.3.